The molecule has 29 heavy (non-hydrogen) atoms. The average Bonchev–Trinajstić information content (AvgIpc) is 3.10. The van der Waals surface area contributed by atoms with E-state index in [2.05, 4.69) is 0 Å². The molecule has 2 atom stereocenters. The lowest BCUT2D eigenvalue weighted by Gasteiger charge is -2.29. The van der Waals surface area contributed by atoms with E-state index in [0.29, 0.717) is 50.6 Å². The van der Waals surface area contributed by atoms with Crippen LogP contribution in [0.15, 0.2) is 54.6 Å². The lowest BCUT2D eigenvalue weighted by molar-refractivity contribution is -0.133. The van der Waals surface area contributed by atoms with Crippen LogP contribution in [0.2, 0.25) is 0 Å². The summed E-state index contributed by atoms with van der Waals surface area (Å²) < 4.78 is 11.5. The van der Waals surface area contributed by atoms with E-state index < -0.39 is 0 Å². The third-order valence-corrected chi connectivity index (χ3v) is 5.48. The summed E-state index contributed by atoms with van der Waals surface area (Å²) in [5.74, 6) is 0.702. The number of carbonyl (C=O) groups is 2. The highest BCUT2D eigenvalue weighted by Crippen LogP contribution is 2.27. The van der Waals surface area contributed by atoms with Crippen LogP contribution in [0.1, 0.15) is 29.3 Å². The van der Waals surface area contributed by atoms with Crippen molar-refractivity contribution in [2.24, 2.45) is 0 Å². The Morgan fingerprint density at radius 3 is 2.76 bits per heavy atom. The van der Waals surface area contributed by atoms with Gasteiger partial charge >= 0.3 is 0 Å². The number of rotatable bonds is 5. The number of ether oxygens (including phenoxy) is 2. The van der Waals surface area contributed by atoms with Crippen LogP contribution in [0.25, 0.3) is 0 Å². The van der Waals surface area contributed by atoms with Gasteiger partial charge < -0.3 is 19.3 Å². The molecule has 6 heteroatoms. The van der Waals surface area contributed by atoms with Crippen LogP contribution >= 0.6 is 0 Å². The number of amides is 2. The SMILES string of the molecule is CCOc1cccc(C(=O)N2C[C@@H]3OCCC(=O)N(Cc4ccccc4)[C@H]3C2)c1. The van der Waals surface area contributed by atoms with E-state index in [-0.39, 0.29) is 24.0 Å². The quantitative estimate of drug-likeness (QED) is 0.783. The van der Waals surface area contributed by atoms with E-state index in [9.17, 15) is 9.59 Å². The van der Waals surface area contributed by atoms with Gasteiger partial charge in [0.1, 0.15) is 5.75 Å². The maximum Gasteiger partial charge on any atom is 0.254 e. The van der Waals surface area contributed by atoms with Crippen LogP contribution in [0.3, 0.4) is 0 Å². The van der Waals surface area contributed by atoms with Gasteiger partial charge in [-0.3, -0.25) is 9.59 Å². The molecule has 2 heterocycles. The zero-order valence-corrected chi connectivity index (χ0v) is 16.6. The van der Waals surface area contributed by atoms with Gasteiger partial charge in [-0.1, -0.05) is 36.4 Å². The third kappa shape index (κ3) is 4.27. The molecule has 6 nitrogen and oxygen atoms in total. The number of hydrogen-bond donors (Lipinski definition) is 0. The summed E-state index contributed by atoms with van der Waals surface area (Å²) >= 11 is 0. The molecule has 0 aliphatic carbocycles. The smallest absolute Gasteiger partial charge is 0.254 e. The highest BCUT2D eigenvalue weighted by atomic mass is 16.5. The van der Waals surface area contributed by atoms with Crippen LogP contribution in [0.5, 0.6) is 5.75 Å². The number of hydrogen-bond acceptors (Lipinski definition) is 4. The van der Waals surface area contributed by atoms with Crippen molar-refractivity contribution in [1.29, 1.82) is 0 Å². The molecule has 4 rings (SSSR count). The molecule has 2 aromatic rings. The standard InChI is InChI=1S/C23H26N2O4/c1-2-28-19-10-6-9-18(13-19)23(27)24-15-20-21(16-24)29-12-11-22(26)25(20)14-17-7-4-3-5-8-17/h3-10,13,20-21H,2,11-12,14-16H2,1H3/t20-,21-/m0/s1. The van der Waals surface area contributed by atoms with E-state index >= 15 is 0 Å². The van der Waals surface area contributed by atoms with Gasteiger partial charge in [0, 0.05) is 25.2 Å². The van der Waals surface area contributed by atoms with Crippen molar-refractivity contribution < 1.29 is 19.1 Å². The molecule has 0 aromatic heterocycles. The first kappa shape index (κ1) is 19.5. The minimum Gasteiger partial charge on any atom is -0.494 e. The number of nitrogens with zero attached hydrogens (tertiary/aromatic N) is 2. The van der Waals surface area contributed by atoms with Gasteiger partial charge in [0.15, 0.2) is 0 Å². The van der Waals surface area contributed by atoms with Crippen LogP contribution in [0.4, 0.5) is 0 Å². The largest absolute Gasteiger partial charge is 0.494 e. The number of benzene rings is 2. The summed E-state index contributed by atoms with van der Waals surface area (Å²) in [5, 5.41) is 0. The summed E-state index contributed by atoms with van der Waals surface area (Å²) in [5.41, 5.74) is 1.67. The number of carbonyl (C=O) groups excluding carboxylic acids is 2. The van der Waals surface area contributed by atoms with Gasteiger partial charge in [0.2, 0.25) is 5.91 Å². The van der Waals surface area contributed by atoms with Crippen molar-refractivity contribution in [2.45, 2.75) is 32.0 Å². The van der Waals surface area contributed by atoms with Crippen LogP contribution in [-0.2, 0) is 16.1 Å². The molecule has 0 N–H and O–H groups in total. The Bertz CT molecular complexity index is 870. The highest BCUT2D eigenvalue weighted by molar-refractivity contribution is 5.95. The van der Waals surface area contributed by atoms with Gasteiger partial charge in [-0.25, -0.2) is 0 Å². The van der Waals surface area contributed by atoms with Crippen molar-refractivity contribution in [3.05, 3.63) is 65.7 Å². The molecule has 2 aliphatic rings. The summed E-state index contributed by atoms with van der Waals surface area (Å²) in [6.07, 6.45) is 0.216. The van der Waals surface area contributed by atoms with Crippen LogP contribution in [-0.4, -0.2) is 60.1 Å². The molecular weight excluding hydrogens is 368 g/mol. The number of fused-ring (bicyclic) bond motifs is 1. The Labute approximate surface area is 171 Å². The van der Waals surface area contributed by atoms with E-state index in [1.165, 1.54) is 0 Å². The Kier molecular flexibility index (Phi) is 5.81. The zero-order chi connectivity index (χ0) is 20.2. The van der Waals surface area contributed by atoms with Gasteiger partial charge in [-0.2, -0.15) is 0 Å². The molecule has 0 saturated carbocycles. The Hall–Kier alpha value is -2.86. The summed E-state index contributed by atoms with van der Waals surface area (Å²) in [4.78, 5) is 29.5. The summed E-state index contributed by atoms with van der Waals surface area (Å²) in [6.45, 7) is 4.36. The van der Waals surface area contributed by atoms with Crippen LogP contribution in [0, 0.1) is 0 Å². The number of likely N-dealkylation sites (tertiary alicyclic amines) is 1. The first-order chi connectivity index (χ1) is 14.2. The van der Waals surface area contributed by atoms with E-state index in [4.69, 9.17) is 9.47 Å². The maximum atomic E-state index is 13.1. The summed E-state index contributed by atoms with van der Waals surface area (Å²) in [6, 6.07) is 17.1. The van der Waals surface area contributed by atoms with Gasteiger partial charge in [-0.15, -0.1) is 0 Å². The predicted octanol–water partition coefficient (Wildman–Crippen LogP) is 2.73. The fourth-order valence-corrected chi connectivity index (χ4v) is 4.07. The van der Waals surface area contributed by atoms with Crippen molar-refractivity contribution >= 4 is 11.8 Å². The molecule has 2 saturated heterocycles. The Morgan fingerprint density at radius 2 is 1.97 bits per heavy atom. The molecule has 0 spiro atoms. The van der Waals surface area contributed by atoms with Crippen molar-refractivity contribution in [3.63, 3.8) is 0 Å². The van der Waals surface area contributed by atoms with Crippen molar-refractivity contribution in [1.82, 2.24) is 9.80 Å². The summed E-state index contributed by atoms with van der Waals surface area (Å²) in [7, 11) is 0. The van der Waals surface area contributed by atoms with Gasteiger partial charge in [0.05, 0.1) is 31.8 Å². The lowest BCUT2D eigenvalue weighted by Crippen LogP contribution is -2.45. The minimum atomic E-state index is -0.163. The lowest BCUT2D eigenvalue weighted by atomic mass is 10.1. The fraction of sp³-hybridized carbons (Fsp3) is 0.391. The normalized spacial score (nSPS) is 21.6. The van der Waals surface area contributed by atoms with Crippen molar-refractivity contribution in [2.75, 3.05) is 26.3 Å². The molecule has 0 radical (unpaired) electrons. The predicted molar refractivity (Wildman–Crippen MR) is 109 cm³/mol. The van der Waals surface area contributed by atoms with Gasteiger partial charge in [-0.05, 0) is 30.7 Å². The maximum absolute atomic E-state index is 13.1. The monoisotopic (exact) mass is 394 g/mol. The second-order valence-electron chi connectivity index (χ2n) is 7.40. The molecule has 152 valence electrons. The molecular formula is C23H26N2O4. The second kappa shape index (κ2) is 8.66. The third-order valence-electron chi connectivity index (χ3n) is 5.48. The molecule has 0 unspecified atom stereocenters. The molecule has 2 aliphatic heterocycles. The molecule has 0 bridgehead atoms. The highest BCUT2D eigenvalue weighted by Gasteiger charge is 2.43. The topological polar surface area (TPSA) is 59.1 Å². The minimum absolute atomic E-state index is 0.0599. The second-order valence-corrected chi connectivity index (χ2v) is 7.40. The first-order valence-corrected chi connectivity index (χ1v) is 10.1. The Morgan fingerprint density at radius 1 is 1.14 bits per heavy atom. The molecule has 2 aromatic carbocycles. The fourth-order valence-electron chi connectivity index (χ4n) is 4.07. The van der Waals surface area contributed by atoms with E-state index in [1.807, 2.05) is 54.3 Å². The first-order valence-electron chi connectivity index (χ1n) is 10.1. The van der Waals surface area contributed by atoms with E-state index in [1.54, 1.807) is 17.0 Å². The molecule has 2 amide bonds. The zero-order valence-electron chi connectivity index (χ0n) is 16.6. The van der Waals surface area contributed by atoms with Crippen LogP contribution < -0.4 is 4.74 Å². The average molecular weight is 394 g/mol. The Balaban J connectivity index is 1.52. The van der Waals surface area contributed by atoms with Gasteiger partial charge in [0.25, 0.3) is 5.91 Å². The van der Waals surface area contributed by atoms with E-state index in [0.717, 1.165) is 5.56 Å². The van der Waals surface area contributed by atoms with Crippen molar-refractivity contribution in [3.8, 4) is 5.75 Å². The molecule has 2 fully saturated rings.